The molecule has 0 bridgehead atoms. The van der Waals surface area contributed by atoms with Gasteiger partial charge in [-0.3, -0.25) is 14.6 Å². The van der Waals surface area contributed by atoms with Crippen molar-refractivity contribution >= 4 is 17.8 Å². The molecule has 0 aromatic carbocycles. The maximum atomic E-state index is 12.6. The highest BCUT2D eigenvalue weighted by molar-refractivity contribution is 5.82. The first-order valence-electron chi connectivity index (χ1n) is 11.2. The molecule has 158 valence electrons. The van der Waals surface area contributed by atoms with Gasteiger partial charge in [0.1, 0.15) is 0 Å². The van der Waals surface area contributed by atoms with Crippen LogP contribution in [0.4, 0.5) is 0 Å². The molecule has 1 saturated heterocycles. The minimum atomic E-state index is 0.115. The highest BCUT2D eigenvalue weighted by atomic mass is 16.2. The Morgan fingerprint density at radius 3 is 2.36 bits per heavy atom. The molecule has 3 rings (SSSR count). The molecule has 3 N–H and O–H groups in total. The average molecular weight is 392 g/mol. The second-order valence-electron chi connectivity index (χ2n) is 8.55. The van der Waals surface area contributed by atoms with Gasteiger partial charge in [0, 0.05) is 51.1 Å². The van der Waals surface area contributed by atoms with Crippen molar-refractivity contribution in [3.63, 3.8) is 0 Å². The van der Waals surface area contributed by atoms with E-state index in [2.05, 4.69) is 20.9 Å². The van der Waals surface area contributed by atoms with Crippen molar-refractivity contribution in [3.8, 4) is 0 Å². The number of nitrogens with one attached hydrogen (secondary N) is 3. The maximum Gasteiger partial charge on any atom is 0.225 e. The Kier molecular flexibility index (Phi) is 7.98. The number of amides is 2. The zero-order chi connectivity index (χ0) is 19.8. The lowest BCUT2D eigenvalue weighted by molar-refractivity contribution is -0.134. The largest absolute Gasteiger partial charge is 0.356 e. The van der Waals surface area contributed by atoms with Crippen LogP contribution in [0.5, 0.6) is 0 Å². The van der Waals surface area contributed by atoms with E-state index >= 15 is 0 Å². The van der Waals surface area contributed by atoms with Crippen molar-refractivity contribution in [2.75, 3.05) is 26.7 Å². The molecule has 0 aromatic rings. The molecule has 0 aromatic heterocycles. The second kappa shape index (κ2) is 10.7. The van der Waals surface area contributed by atoms with Crippen LogP contribution in [0.2, 0.25) is 0 Å². The summed E-state index contributed by atoms with van der Waals surface area (Å²) in [5, 5.41) is 9.79. The van der Waals surface area contributed by atoms with E-state index in [0.717, 1.165) is 45.2 Å². The lowest BCUT2D eigenvalue weighted by atomic mass is 9.95. The number of likely N-dealkylation sites (tertiary alicyclic amines) is 1. The number of aliphatic imine (C=N–C) groups is 1. The highest BCUT2D eigenvalue weighted by Crippen LogP contribution is 2.27. The van der Waals surface area contributed by atoms with Gasteiger partial charge in [0.25, 0.3) is 0 Å². The van der Waals surface area contributed by atoms with Gasteiger partial charge in [0.05, 0.1) is 0 Å². The summed E-state index contributed by atoms with van der Waals surface area (Å²) in [5.41, 5.74) is 0. The topological polar surface area (TPSA) is 85.8 Å². The third-order valence-corrected chi connectivity index (χ3v) is 6.38. The molecule has 28 heavy (non-hydrogen) atoms. The van der Waals surface area contributed by atoms with Gasteiger partial charge in [0.15, 0.2) is 5.96 Å². The molecule has 2 amide bonds. The monoisotopic (exact) mass is 391 g/mol. The molecule has 0 radical (unpaired) electrons. The van der Waals surface area contributed by atoms with Gasteiger partial charge < -0.3 is 20.9 Å². The van der Waals surface area contributed by atoms with Crippen LogP contribution in [-0.4, -0.2) is 61.4 Å². The molecule has 3 aliphatic rings. The van der Waals surface area contributed by atoms with Gasteiger partial charge in [-0.15, -0.1) is 0 Å². The molecule has 0 spiro atoms. The third-order valence-electron chi connectivity index (χ3n) is 6.38. The summed E-state index contributed by atoms with van der Waals surface area (Å²) in [5.74, 6) is 1.41. The van der Waals surface area contributed by atoms with Crippen LogP contribution in [0.3, 0.4) is 0 Å². The molecule has 7 heteroatoms. The Morgan fingerprint density at radius 2 is 1.64 bits per heavy atom. The van der Waals surface area contributed by atoms with Gasteiger partial charge in [0.2, 0.25) is 11.8 Å². The zero-order valence-corrected chi connectivity index (χ0v) is 17.3. The van der Waals surface area contributed by atoms with Crippen molar-refractivity contribution < 1.29 is 9.59 Å². The number of carbonyl (C=O) groups excluding carboxylic acids is 2. The Hall–Kier alpha value is -1.79. The lowest BCUT2D eigenvalue weighted by Crippen LogP contribution is -2.46. The maximum absolute atomic E-state index is 12.6. The van der Waals surface area contributed by atoms with E-state index in [1.165, 1.54) is 32.1 Å². The van der Waals surface area contributed by atoms with Crippen molar-refractivity contribution in [1.29, 1.82) is 0 Å². The van der Waals surface area contributed by atoms with Crippen molar-refractivity contribution in [2.24, 2.45) is 10.9 Å². The molecular formula is C21H37N5O2. The summed E-state index contributed by atoms with van der Waals surface area (Å²) in [6.07, 6.45) is 11.9. The Bertz CT molecular complexity index is 553. The fourth-order valence-corrected chi connectivity index (χ4v) is 4.74. The van der Waals surface area contributed by atoms with Crippen LogP contribution < -0.4 is 16.0 Å². The Labute approximate surface area is 169 Å². The van der Waals surface area contributed by atoms with Gasteiger partial charge >= 0.3 is 0 Å². The van der Waals surface area contributed by atoms with Crippen LogP contribution in [0.15, 0.2) is 4.99 Å². The van der Waals surface area contributed by atoms with Crippen LogP contribution in [-0.2, 0) is 9.59 Å². The number of guanidine groups is 1. The number of hydrogen-bond acceptors (Lipinski definition) is 3. The summed E-state index contributed by atoms with van der Waals surface area (Å²) >= 11 is 0. The van der Waals surface area contributed by atoms with Gasteiger partial charge in [-0.1, -0.05) is 32.1 Å². The highest BCUT2D eigenvalue weighted by Gasteiger charge is 2.32. The predicted octanol–water partition coefficient (Wildman–Crippen LogP) is 1.78. The smallest absolute Gasteiger partial charge is 0.225 e. The molecule has 3 fully saturated rings. The van der Waals surface area contributed by atoms with Crippen LogP contribution in [0.1, 0.15) is 70.6 Å². The number of carbonyl (C=O) groups is 2. The summed E-state index contributed by atoms with van der Waals surface area (Å²) in [6.45, 7) is 2.14. The molecular weight excluding hydrogens is 354 g/mol. The van der Waals surface area contributed by atoms with E-state index in [1.54, 1.807) is 7.05 Å². The first-order valence-corrected chi connectivity index (χ1v) is 11.2. The molecule has 1 atom stereocenters. The molecule has 2 saturated carbocycles. The lowest BCUT2D eigenvalue weighted by Gasteiger charge is -2.23. The quantitative estimate of drug-likeness (QED) is 0.476. The first kappa shape index (κ1) is 20.9. The molecule has 1 heterocycles. The van der Waals surface area contributed by atoms with Crippen LogP contribution >= 0.6 is 0 Å². The van der Waals surface area contributed by atoms with Crippen LogP contribution in [0.25, 0.3) is 0 Å². The van der Waals surface area contributed by atoms with E-state index in [9.17, 15) is 9.59 Å². The molecule has 1 unspecified atom stereocenters. The Balaban J connectivity index is 1.33. The zero-order valence-electron chi connectivity index (χ0n) is 17.3. The van der Waals surface area contributed by atoms with E-state index < -0.39 is 0 Å². The van der Waals surface area contributed by atoms with E-state index in [1.807, 2.05) is 4.90 Å². The minimum absolute atomic E-state index is 0.115. The van der Waals surface area contributed by atoms with E-state index in [4.69, 9.17) is 0 Å². The van der Waals surface area contributed by atoms with Crippen molar-refractivity contribution in [3.05, 3.63) is 0 Å². The summed E-state index contributed by atoms with van der Waals surface area (Å²) in [6, 6.07) is 0.591. The van der Waals surface area contributed by atoms with Gasteiger partial charge in [-0.25, -0.2) is 0 Å². The SMILES string of the molecule is CN=C(NCCC(=O)NC1CCCCC1)NC1CCN(C(=O)C2CCCC2)C1. The average Bonchev–Trinajstić information content (AvgIpc) is 3.40. The minimum Gasteiger partial charge on any atom is -0.356 e. The van der Waals surface area contributed by atoms with E-state index in [0.29, 0.717) is 30.9 Å². The second-order valence-corrected chi connectivity index (χ2v) is 8.55. The summed E-state index contributed by atoms with van der Waals surface area (Å²) < 4.78 is 0. The predicted molar refractivity (Wildman–Crippen MR) is 111 cm³/mol. The first-order chi connectivity index (χ1) is 13.7. The normalized spacial score (nSPS) is 24.4. The fourth-order valence-electron chi connectivity index (χ4n) is 4.74. The standard InChI is InChI=1S/C21H37N5O2/c1-22-21(23-13-11-19(27)24-17-9-3-2-4-10-17)25-18-12-14-26(15-18)20(28)16-7-5-6-8-16/h16-18H,2-15H2,1H3,(H,24,27)(H2,22,23,25). The van der Waals surface area contributed by atoms with Crippen molar-refractivity contribution in [2.45, 2.75) is 82.7 Å². The molecule has 2 aliphatic carbocycles. The number of rotatable bonds is 6. The Morgan fingerprint density at radius 1 is 0.929 bits per heavy atom. The fraction of sp³-hybridized carbons (Fsp3) is 0.857. The van der Waals surface area contributed by atoms with Crippen molar-refractivity contribution in [1.82, 2.24) is 20.9 Å². The van der Waals surface area contributed by atoms with Gasteiger partial charge in [-0.2, -0.15) is 0 Å². The van der Waals surface area contributed by atoms with E-state index in [-0.39, 0.29) is 17.9 Å². The molecule has 7 nitrogen and oxygen atoms in total. The van der Waals surface area contributed by atoms with Crippen LogP contribution in [0, 0.1) is 5.92 Å². The molecule has 1 aliphatic heterocycles. The summed E-state index contributed by atoms with van der Waals surface area (Å²) in [7, 11) is 1.74. The summed E-state index contributed by atoms with van der Waals surface area (Å²) in [4.78, 5) is 31.0. The third kappa shape index (κ3) is 6.11. The van der Waals surface area contributed by atoms with Gasteiger partial charge in [-0.05, 0) is 32.1 Å². The number of hydrogen-bond donors (Lipinski definition) is 3. The number of nitrogens with zero attached hydrogens (tertiary/aromatic N) is 2.